The zero-order valence-corrected chi connectivity index (χ0v) is 13.1. The second-order valence-corrected chi connectivity index (χ2v) is 6.17. The third kappa shape index (κ3) is 2.63. The van der Waals surface area contributed by atoms with Crippen LogP contribution in [0.3, 0.4) is 0 Å². The van der Waals surface area contributed by atoms with E-state index >= 15 is 0 Å². The molecule has 1 aliphatic rings. The minimum Gasteiger partial charge on any atom is -0.305 e. The van der Waals surface area contributed by atoms with Gasteiger partial charge in [0.15, 0.2) is 5.78 Å². The summed E-state index contributed by atoms with van der Waals surface area (Å²) in [5.41, 5.74) is 3.30. The van der Waals surface area contributed by atoms with Gasteiger partial charge in [-0.2, -0.15) is 0 Å². The van der Waals surface area contributed by atoms with Gasteiger partial charge in [0.1, 0.15) is 0 Å². The van der Waals surface area contributed by atoms with Gasteiger partial charge in [-0.25, -0.2) is 0 Å². The van der Waals surface area contributed by atoms with Crippen molar-refractivity contribution in [1.82, 2.24) is 4.57 Å². The maximum atomic E-state index is 12.8. The van der Waals surface area contributed by atoms with Crippen molar-refractivity contribution in [1.29, 1.82) is 0 Å². The fraction of sp³-hybridized carbons (Fsp3) is 0.368. The summed E-state index contributed by atoms with van der Waals surface area (Å²) < 4.78 is 1.86. The molecule has 1 aromatic heterocycles. The largest absolute Gasteiger partial charge is 0.305 e. The van der Waals surface area contributed by atoms with E-state index in [1.165, 1.54) is 12.5 Å². The van der Waals surface area contributed by atoms with Crippen molar-refractivity contribution in [3.05, 3.63) is 57.9 Å². The number of aromatic nitrogens is 1. The van der Waals surface area contributed by atoms with Gasteiger partial charge in [0, 0.05) is 6.04 Å². The third-order valence-electron chi connectivity index (χ3n) is 4.53. The Morgan fingerprint density at radius 1 is 1.05 bits per heavy atom. The molecule has 0 atom stereocenters. The van der Waals surface area contributed by atoms with Crippen molar-refractivity contribution in [2.24, 2.45) is 0 Å². The molecule has 0 radical (unpaired) electrons. The van der Waals surface area contributed by atoms with E-state index in [0.717, 1.165) is 36.9 Å². The highest BCUT2D eigenvalue weighted by Crippen LogP contribution is 2.32. The molecule has 3 nitrogen and oxygen atoms in total. The van der Waals surface area contributed by atoms with Crippen LogP contribution in [-0.4, -0.2) is 10.4 Å². The van der Waals surface area contributed by atoms with E-state index in [1.807, 2.05) is 29.7 Å². The Bertz CT molecular complexity index is 750. The molecule has 1 aliphatic carbocycles. The van der Waals surface area contributed by atoms with E-state index in [0.29, 0.717) is 5.56 Å². The summed E-state index contributed by atoms with van der Waals surface area (Å²) in [6.07, 6.45) is 4.32. The van der Waals surface area contributed by atoms with Gasteiger partial charge in [-0.15, -0.1) is 0 Å². The number of hydrogen-bond acceptors (Lipinski definition) is 2. The molecule has 0 amide bonds. The molecule has 0 aliphatic heterocycles. The van der Waals surface area contributed by atoms with Crippen molar-refractivity contribution < 1.29 is 4.79 Å². The zero-order chi connectivity index (χ0) is 15.7. The third-order valence-corrected chi connectivity index (χ3v) is 4.53. The molecular formula is C19H21NO2. The first-order valence-electron chi connectivity index (χ1n) is 7.91. The molecule has 2 aromatic rings. The Hall–Kier alpha value is -2.16. The molecule has 3 rings (SSSR count). The summed E-state index contributed by atoms with van der Waals surface area (Å²) >= 11 is 0. The van der Waals surface area contributed by atoms with E-state index in [4.69, 9.17) is 0 Å². The standard InChI is InChI=1S/C19H21NO2/c1-13-7-9-15(10-8-13)18-12-11-17(14(2)21)19(22)20(18)16-5-3-4-6-16/h7-12,16H,3-6H2,1-2H3. The van der Waals surface area contributed by atoms with Crippen LogP contribution >= 0.6 is 0 Å². The fourth-order valence-electron chi connectivity index (χ4n) is 3.31. The molecule has 1 saturated carbocycles. The molecule has 114 valence electrons. The number of pyridine rings is 1. The monoisotopic (exact) mass is 295 g/mol. The normalized spacial score (nSPS) is 15.2. The van der Waals surface area contributed by atoms with Crippen molar-refractivity contribution in [2.75, 3.05) is 0 Å². The summed E-state index contributed by atoms with van der Waals surface area (Å²) in [4.78, 5) is 24.5. The summed E-state index contributed by atoms with van der Waals surface area (Å²) in [6, 6.07) is 12.0. The molecule has 0 spiro atoms. The van der Waals surface area contributed by atoms with Crippen LogP contribution in [0.5, 0.6) is 0 Å². The van der Waals surface area contributed by atoms with Gasteiger partial charge in [-0.1, -0.05) is 42.7 Å². The molecule has 0 N–H and O–H groups in total. The number of nitrogens with zero attached hydrogens (tertiary/aromatic N) is 1. The van der Waals surface area contributed by atoms with Crippen LogP contribution in [0.15, 0.2) is 41.2 Å². The second kappa shape index (κ2) is 5.91. The van der Waals surface area contributed by atoms with Gasteiger partial charge in [-0.3, -0.25) is 9.59 Å². The van der Waals surface area contributed by atoms with Gasteiger partial charge >= 0.3 is 0 Å². The smallest absolute Gasteiger partial charge is 0.262 e. The summed E-state index contributed by atoms with van der Waals surface area (Å²) in [5, 5.41) is 0. The number of benzene rings is 1. The van der Waals surface area contributed by atoms with E-state index in [1.54, 1.807) is 6.07 Å². The van der Waals surface area contributed by atoms with Crippen LogP contribution in [0, 0.1) is 6.92 Å². The highest BCUT2D eigenvalue weighted by molar-refractivity contribution is 5.94. The molecule has 0 unspecified atom stereocenters. The fourth-order valence-corrected chi connectivity index (χ4v) is 3.31. The highest BCUT2D eigenvalue weighted by Gasteiger charge is 2.23. The van der Waals surface area contributed by atoms with Crippen molar-refractivity contribution in [2.45, 2.75) is 45.6 Å². The van der Waals surface area contributed by atoms with Gasteiger partial charge in [0.25, 0.3) is 5.56 Å². The lowest BCUT2D eigenvalue weighted by atomic mass is 10.0. The lowest BCUT2D eigenvalue weighted by molar-refractivity contribution is 0.101. The first-order valence-corrected chi connectivity index (χ1v) is 7.91. The number of ketones is 1. The quantitative estimate of drug-likeness (QED) is 0.798. The molecule has 0 saturated heterocycles. The number of aryl methyl sites for hydroxylation is 1. The first-order chi connectivity index (χ1) is 10.6. The van der Waals surface area contributed by atoms with Crippen LogP contribution < -0.4 is 5.56 Å². The molecule has 1 fully saturated rings. The zero-order valence-electron chi connectivity index (χ0n) is 13.1. The van der Waals surface area contributed by atoms with E-state index in [2.05, 4.69) is 12.1 Å². The second-order valence-electron chi connectivity index (χ2n) is 6.17. The lowest BCUT2D eigenvalue weighted by Gasteiger charge is -2.20. The van der Waals surface area contributed by atoms with E-state index < -0.39 is 0 Å². The summed E-state index contributed by atoms with van der Waals surface area (Å²) in [7, 11) is 0. The van der Waals surface area contributed by atoms with E-state index in [9.17, 15) is 9.59 Å². The van der Waals surface area contributed by atoms with Crippen LogP contribution in [0.1, 0.15) is 54.6 Å². The Balaban J connectivity index is 2.20. The number of rotatable bonds is 3. The number of hydrogen-bond donors (Lipinski definition) is 0. The first kappa shape index (κ1) is 14.8. The summed E-state index contributed by atoms with van der Waals surface area (Å²) in [6.45, 7) is 3.51. The maximum absolute atomic E-state index is 12.8. The Morgan fingerprint density at radius 3 is 2.27 bits per heavy atom. The van der Waals surface area contributed by atoms with E-state index in [-0.39, 0.29) is 17.4 Å². The molecule has 0 bridgehead atoms. The van der Waals surface area contributed by atoms with Crippen LogP contribution in [0.25, 0.3) is 11.3 Å². The topological polar surface area (TPSA) is 39.1 Å². The molecule has 1 aromatic carbocycles. The number of Topliss-reactive ketones (excluding diaryl/α,β-unsaturated/α-hetero) is 1. The Kier molecular flexibility index (Phi) is 3.97. The molecule has 1 heterocycles. The molecule has 22 heavy (non-hydrogen) atoms. The lowest BCUT2D eigenvalue weighted by Crippen LogP contribution is -2.29. The average molecular weight is 295 g/mol. The van der Waals surface area contributed by atoms with Gasteiger partial charge < -0.3 is 4.57 Å². The predicted octanol–water partition coefficient (Wildman–Crippen LogP) is 4.14. The highest BCUT2D eigenvalue weighted by atomic mass is 16.1. The van der Waals surface area contributed by atoms with Crippen LogP contribution in [-0.2, 0) is 0 Å². The molecule has 3 heteroatoms. The predicted molar refractivity (Wildman–Crippen MR) is 88.4 cm³/mol. The van der Waals surface area contributed by atoms with Crippen molar-refractivity contribution >= 4 is 5.78 Å². The van der Waals surface area contributed by atoms with Crippen LogP contribution in [0.2, 0.25) is 0 Å². The minimum absolute atomic E-state index is 0.141. The Morgan fingerprint density at radius 2 is 1.68 bits per heavy atom. The average Bonchev–Trinajstić information content (AvgIpc) is 3.01. The van der Waals surface area contributed by atoms with Crippen molar-refractivity contribution in [3.63, 3.8) is 0 Å². The molecular weight excluding hydrogens is 274 g/mol. The SMILES string of the molecule is CC(=O)c1ccc(-c2ccc(C)cc2)n(C2CCCC2)c1=O. The van der Waals surface area contributed by atoms with Gasteiger partial charge in [0.05, 0.1) is 11.3 Å². The number of carbonyl (C=O) groups excluding carboxylic acids is 1. The summed E-state index contributed by atoms with van der Waals surface area (Å²) in [5.74, 6) is -0.160. The van der Waals surface area contributed by atoms with Gasteiger partial charge in [-0.05, 0) is 44.4 Å². The van der Waals surface area contributed by atoms with Crippen LogP contribution in [0.4, 0.5) is 0 Å². The number of carbonyl (C=O) groups is 1. The van der Waals surface area contributed by atoms with Crippen molar-refractivity contribution in [3.8, 4) is 11.3 Å². The minimum atomic E-state index is -0.160. The Labute approximate surface area is 130 Å². The van der Waals surface area contributed by atoms with Gasteiger partial charge in [0.2, 0.25) is 0 Å². The maximum Gasteiger partial charge on any atom is 0.262 e.